The summed E-state index contributed by atoms with van der Waals surface area (Å²) in [6, 6.07) is 66.1. The topological polar surface area (TPSA) is 9.86 Å². The number of para-hydroxylation sites is 2. The minimum Gasteiger partial charge on any atom is -0.309 e. The zero-order valence-corrected chi connectivity index (χ0v) is 26.2. The first-order valence-electron chi connectivity index (χ1n) is 16.5. The van der Waals surface area contributed by atoms with Gasteiger partial charge in [-0.15, -0.1) is 0 Å². The third kappa shape index (κ3) is 4.00. The standard InChI is InChI=1S/C46H30N2/c1-2-13-31(14-3-1)33-17-10-18-34(29-33)35-19-11-20-36(30-35)47-41-24-8-6-22-38(41)45-43(47)27-28-44-46(45)39-23-7-9-25-42(39)48(44)40-26-12-16-32-15-4-5-21-37(32)40/h1-30H. The van der Waals surface area contributed by atoms with Gasteiger partial charge in [0.1, 0.15) is 0 Å². The lowest BCUT2D eigenvalue weighted by molar-refractivity contribution is 1.18. The Morgan fingerprint density at radius 3 is 1.54 bits per heavy atom. The lowest BCUT2D eigenvalue weighted by Crippen LogP contribution is -1.96. The van der Waals surface area contributed by atoms with Gasteiger partial charge >= 0.3 is 0 Å². The number of benzene rings is 8. The lowest BCUT2D eigenvalue weighted by Gasteiger charge is -2.12. The Labute approximate surface area is 278 Å². The smallest absolute Gasteiger partial charge is 0.0549 e. The van der Waals surface area contributed by atoms with Gasteiger partial charge in [0.25, 0.3) is 0 Å². The van der Waals surface area contributed by atoms with Crippen LogP contribution in [0.25, 0.3) is 88.0 Å². The molecule has 0 fully saturated rings. The van der Waals surface area contributed by atoms with Crippen molar-refractivity contribution in [2.75, 3.05) is 0 Å². The highest BCUT2D eigenvalue weighted by atomic mass is 15.0. The molecule has 0 aliphatic heterocycles. The maximum atomic E-state index is 2.46. The Hall–Kier alpha value is -6.38. The molecule has 0 spiro atoms. The Morgan fingerprint density at radius 1 is 0.292 bits per heavy atom. The minimum atomic E-state index is 1.15. The summed E-state index contributed by atoms with van der Waals surface area (Å²) in [4.78, 5) is 0. The fraction of sp³-hybridized carbons (Fsp3) is 0. The molecule has 0 aliphatic carbocycles. The summed E-state index contributed by atoms with van der Waals surface area (Å²) in [6.45, 7) is 0. The van der Waals surface area contributed by atoms with Crippen molar-refractivity contribution in [3.63, 3.8) is 0 Å². The SMILES string of the molecule is c1ccc(-c2cccc(-c3cccc(-n4c5ccccc5c5c6c7ccccc7n(-c7cccc8ccccc78)c6ccc54)c3)c2)cc1. The first-order valence-corrected chi connectivity index (χ1v) is 16.5. The van der Waals surface area contributed by atoms with Crippen LogP contribution in [0.4, 0.5) is 0 Å². The molecule has 48 heavy (non-hydrogen) atoms. The Bertz CT molecular complexity index is 2830. The summed E-state index contributed by atoms with van der Waals surface area (Å²) in [5.74, 6) is 0. The maximum absolute atomic E-state index is 2.46. The van der Waals surface area contributed by atoms with E-state index in [0.29, 0.717) is 0 Å². The van der Waals surface area contributed by atoms with E-state index in [9.17, 15) is 0 Å². The van der Waals surface area contributed by atoms with Crippen molar-refractivity contribution < 1.29 is 0 Å². The van der Waals surface area contributed by atoms with Crippen LogP contribution in [0.2, 0.25) is 0 Å². The molecule has 0 radical (unpaired) electrons. The third-order valence-corrected chi connectivity index (χ3v) is 9.89. The molecule has 0 N–H and O–H groups in total. The maximum Gasteiger partial charge on any atom is 0.0549 e. The van der Waals surface area contributed by atoms with Crippen molar-refractivity contribution in [3.05, 3.63) is 182 Å². The second kappa shape index (κ2) is 10.6. The second-order valence-corrected chi connectivity index (χ2v) is 12.6. The number of aromatic nitrogens is 2. The van der Waals surface area contributed by atoms with Crippen LogP contribution in [0.15, 0.2) is 182 Å². The molecule has 224 valence electrons. The van der Waals surface area contributed by atoms with Crippen LogP contribution in [0.1, 0.15) is 0 Å². The van der Waals surface area contributed by atoms with Gasteiger partial charge in [0, 0.05) is 32.6 Å². The highest BCUT2D eigenvalue weighted by molar-refractivity contribution is 6.29. The number of nitrogens with zero attached hydrogens (tertiary/aromatic N) is 2. The average molecular weight is 611 g/mol. The van der Waals surface area contributed by atoms with Gasteiger partial charge in [-0.25, -0.2) is 0 Å². The van der Waals surface area contributed by atoms with Crippen LogP contribution in [0.3, 0.4) is 0 Å². The van der Waals surface area contributed by atoms with Gasteiger partial charge in [0.05, 0.1) is 27.8 Å². The lowest BCUT2D eigenvalue weighted by atomic mass is 9.99. The van der Waals surface area contributed by atoms with Crippen LogP contribution < -0.4 is 0 Å². The van der Waals surface area contributed by atoms with E-state index in [1.807, 2.05) is 0 Å². The average Bonchev–Trinajstić information content (AvgIpc) is 3.68. The van der Waals surface area contributed by atoms with Crippen molar-refractivity contribution in [2.24, 2.45) is 0 Å². The molecule has 10 rings (SSSR count). The molecule has 0 bridgehead atoms. The van der Waals surface area contributed by atoms with E-state index >= 15 is 0 Å². The molecule has 2 heterocycles. The van der Waals surface area contributed by atoms with E-state index in [1.54, 1.807) is 0 Å². The van der Waals surface area contributed by atoms with E-state index in [4.69, 9.17) is 0 Å². The summed E-state index contributed by atoms with van der Waals surface area (Å²) in [6.07, 6.45) is 0. The highest BCUT2D eigenvalue weighted by Gasteiger charge is 2.21. The molecule has 0 amide bonds. The Kier molecular flexibility index (Phi) is 5.91. The first-order chi connectivity index (χ1) is 23.8. The number of hydrogen-bond acceptors (Lipinski definition) is 0. The normalized spacial score (nSPS) is 11.8. The molecule has 8 aromatic carbocycles. The molecular formula is C46H30N2. The fourth-order valence-corrected chi connectivity index (χ4v) is 7.79. The summed E-state index contributed by atoms with van der Waals surface area (Å²) in [7, 11) is 0. The van der Waals surface area contributed by atoms with E-state index in [-0.39, 0.29) is 0 Å². The van der Waals surface area contributed by atoms with Crippen molar-refractivity contribution in [2.45, 2.75) is 0 Å². The van der Waals surface area contributed by atoms with Crippen LogP contribution in [0, 0.1) is 0 Å². The summed E-state index contributed by atoms with van der Waals surface area (Å²) in [5.41, 5.74) is 12.1. The van der Waals surface area contributed by atoms with Gasteiger partial charge in [-0.2, -0.15) is 0 Å². The van der Waals surface area contributed by atoms with Crippen molar-refractivity contribution in [1.29, 1.82) is 0 Å². The molecule has 2 nitrogen and oxygen atoms in total. The molecule has 10 aromatic rings. The van der Waals surface area contributed by atoms with Gasteiger partial charge < -0.3 is 9.13 Å². The molecule has 0 atom stereocenters. The number of rotatable bonds is 4. The summed E-state index contributed by atoms with van der Waals surface area (Å²) < 4.78 is 4.90. The van der Waals surface area contributed by atoms with Crippen LogP contribution in [-0.4, -0.2) is 9.13 Å². The number of fused-ring (bicyclic) bond motifs is 8. The molecule has 0 saturated heterocycles. The first kappa shape index (κ1) is 26.8. The van der Waals surface area contributed by atoms with Crippen molar-refractivity contribution in [1.82, 2.24) is 9.13 Å². The van der Waals surface area contributed by atoms with Gasteiger partial charge in [0.2, 0.25) is 0 Å². The van der Waals surface area contributed by atoms with Crippen molar-refractivity contribution >= 4 is 54.4 Å². The largest absolute Gasteiger partial charge is 0.309 e. The molecule has 0 unspecified atom stereocenters. The van der Waals surface area contributed by atoms with E-state index in [2.05, 4.69) is 191 Å². The monoisotopic (exact) mass is 610 g/mol. The van der Waals surface area contributed by atoms with Gasteiger partial charge in [-0.3, -0.25) is 0 Å². The zero-order chi connectivity index (χ0) is 31.6. The fourth-order valence-electron chi connectivity index (χ4n) is 7.79. The summed E-state index contributed by atoms with van der Waals surface area (Å²) in [5, 5.41) is 7.59. The minimum absolute atomic E-state index is 1.15. The molecular weight excluding hydrogens is 581 g/mol. The predicted octanol–water partition coefficient (Wildman–Crippen LogP) is 12.4. The van der Waals surface area contributed by atoms with Crippen LogP contribution in [0.5, 0.6) is 0 Å². The zero-order valence-electron chi connectivity index (χ0n) is 26.2. The quantitative estimate of drug-likeness (QED) is 0.188. The molecule has 0 aliphatic rings. The molecule has 0 saturated carbocycles. The number of hydrogen-bond donors (Lipinski definition) is 0. The summed E-state index contributed by atoms with van der Waals surface area (Å²) >= 11 is 0. The van der Waals surface area contributed by atoms with Crippen LogP contribution >= 0.6 is 0 Å². The molecule has 2 heteroatoms. The third-order valence-electron chi connectivity index (χ3n) is 9.89. The van der Waals surface area contributed by atoms with Gasteiger partial charge in [0.15, 0.2) is 0 Å². The molecule has 2 aromatic heterocycles. The second-order valence-electron chi connectivity index (χ2n) is 12.6. The van der Waals surface area contributed by atoms with E-state index in [1.165, 1.54) is 82.3 Å². The van der Waals surface area contributed by atoms with Gasteiger partial charge in [-0.05, 0) is 76.2 Å². The van der Waals surface area contributed by atoms with E-state index in [0.717, 1.165) is 5.69 Å². The van der Waals surface area contributed by atoms with Gasteiger partial charge in [-0.1, -0.05) is 133 Å². The Balaban J connectivity index is 1.24. The van der Waals surface area contributed by atoms with E-state index < -0.39 is 0 Å². The van der Waals surface area contributed by atoms with Crippen molar-refractivity contribution in [3.8, 4) is 33.6 Å². The van der Waals surface area contributed by atoms with Crippen LogP contribution in [-0.2, 0) is 0 Å². The predicted molar refractivity (Wildman–Crippen MR) is 203 cm³/mol. The Morgan fingerprint density at radius 2 is 0.792 bits per heavy atom. The highest BCUT2D eigenvalue weighted by Crippen LogP contribution is 2.43.